The molecule has 0 aromatic heterocycles. The zero-order chi connectivity index (χ0) is 23.7. The van der Waals surface area contributed by atoms with Gasteiger partial charge in [0.25, 0.3) is 0 Å². The van der Waals surface area contributed by atoms with Gasteiger partial charge in [0.2, 0.25) is 21.8 Å². The number of hydrogen-bond donors (Lipinski definition) is 1. The molecule has 1 fully saturated rings. The SMILES string of the molecule is CN(CCNC(=O)CCC(=O)N1CCN(S(=O)(=O)c2ccccc2)CC1)Cc1ccccc1. The fourth-order valence-corrected chi connectivity index (χ4v) is 5.19. The van der Waals surface area contributed by atoms with Crippen LogP contribution in [0.25, 0.3) is 0 Å². The number of hydrogen-bond acceptors (Lipinski definition) is 5. The molecule has 3 rings (SSSR count). The van der Waals surface area contributed by atoms with Gasteiger partial charge in [0.1, 0.15) is 0 Å². The van der Waals surface area contributed by atoms with Crippen LogP contribution in [0, 0.1) is 0 Å². The Balaban J connectivity index is 1.33. The maximum atomic E-state index is 12.7. The first-order valence-electron chi connectivity index (χ1n) is 11.2. The molecule has 1 N–H and O–H groups in total. The van der Waals surface area contributed by atoms with Gasteiger partial charge in [-0.25, -0.2) is 8.42 Å². The van der Waals surface area contributed by atoms with Crippen molar-refractivity contribution in [2.75, 3.05) is 46.3 Å². The van der Waals surface area contributed by atoms with Gasteiger partial charge in [0.05, 0.1) is 4.90 Å². The predicted molar refractivity (Wildman–Crippen MR) is 127 cm³/mol. The third kappa shape index (κ3) is 7.38. The minimum atomic E-state index is -3.55. The normalized spacial score (nSPS) is 14.9. The van der Waals surface area contributed by atoms with Crippen molar-refractivity contribution in [2.45, 2.75) is 24.3 Å². The van der Waals surface area contributed by atoms with Crippen LogP contribution in [0.5, 0.6) is 0 Å². The maximum absolute atomic E-state index is 12.7. The molecule has 1 saturated heterocycles. The second-order valence-corrected chi connectivity index (χ2v) is 10.1. The van der Waals surface area contributed by atoms with E-state index in [4.69, 9.17) is 0 Å². The summed E-state index contributed by atoms with van der Waals surface area (Å²) in [6.45, 7) is 3.21. The molecule has 1 heterocycles. The number of amides is 2. The number of rotatable bonds is 10. The summed E-state index contributed by atoms with van der Waals surface area (Å²) in [6, 6.07) is 18.4. The Morgan fingerprint density at radius 2 is 1.52 bits per heavy atom. The molecule has 33 heavy (non-hydrogen) atoms. The number of piperazine rings is 1. The molecule has 2 aromatic carbocycles. The second kappa shape index (κ2) is 11.9. The Morgan fingerprint density at radius 1 is 0.909 bits per heavy atom. The smallest absolute Gasteiger partial charge is 0.243 e. The van der Waals surface area contributed by atoms with Gasteiger partial charge in [-0.3, -0.25) is 9.59 Å². The Morgan fingerprint density at radius 3 is 2.15 bits per heavy atom. The summed E-state index contributed by atoms with van der Waals surface area (Å²) in [6.07, 6.45) is 0.251. The fraction of sp³-hybridized carbons (Fsp3) is 0.417. The van der Waals surface area contributed by atoms with E-state index >= 15 is 0 Å². The largest absolute Gasteiger partial charge is 0.355 e. The predicted octanol–water partition coefficient (Wildman–Crippen LogP) is 1.55. The van der Waals surface area contributed by atoms with Crippen LogP contribution in [0.3, 0.4) is 0 Å². The lowest BCUT2D eigenvalue weighted by atomic mass is 10.2. The molecule has 0 spiro atoms. The number of carbonyl (C=O) groups is 2. The topological polar surface area (TPSA) is 90.0 Å². The first kappa shape index (κ1) is 24.9. The Labute approximate surface area is 196 Å². The highest BCUT2D eigenvalue weighted by Crippen LogP contribution is 2.17. The van der Waals surface area contributed by atoms with Crippen molar-refractivity contribution in [3.05, 3.63) is 66.2 Å². The molecule has 0 bridgehead atoms. The van der Waals surface area contributed by atoms with Crippen molar-refractivity contribution in [3.63, 3.8) is 0 Å². The van der Waals surface area contributed by atoms with E-state index in [1.165, 1.54) is 9.87 Å². The number of likely N-dealkylation sites (N-methyl/N-ethyl adjacent to an activating group) is 1. The standard InChI is InChI=1S/C24H32N4O4S/c1-26(20-21-8-4-2-5-9-21)15-14-25-23(29)12-13-24(30)27-16-18-28(19-17-27)33(31,32)22-10-6-3-7-11-22/h2-11H,12-20H2,1H3,(H,25,29). The molecule has 0 radical (unpaired) electrons. The minimum Gasteiger partial charge on any atom is -0.355 e. The number of sulfonamides is 1. The lowest BCUT2D eigenvalue weighted by Crippen LogP contribution is -2.50. The monoisotopic (exact) mass is 472 g/mol. The first-order valence-corrected chi connectivity index (χ1v) is 12.6. The fourth-order valence-electron chi connectivity index (χ4n) is 3.75. The molecule has 9 heteroatoms. The highest BCUT2D eigenvalue weighted by molar-refractivity contribution is 7.89. The maximum Gasteiger partial charge on any atom is 0.243 e. The summed E-state index contributed by atoms with van der Waals surface area (Å²) in [4.78, 5) is 28.6. The summed E-state index contributed by atoms with van der Waals surface area (Å²) >= 11 is 0. The van der Waals surface area contributed by atoms with Gasteiger partial charge < -0.3 is 15.1 Å². The van der Waals surface area contributed by atoms with Gasteiger partial charge in [-0.15, -0.1) is 0 Å². The zero-order valence-corrected chi connectivity index (χ0v) is 19.8. The molecule has 0 saturated carbocycles. The summed E-state index contributed by atoms with van der Waals surface area (Å²) in [5.74, 6) is -0.273. The van der Waals surface area contributed by atoms with Crippen LogP contribution in [-0.4, -0.2) is 80.7 Å². The minimum absolute atomic E-state index is 0.122. The van der Waals surface area contributed by atoms with Crippen LogP contribution in [0.15, 0.2) is 65.6 Å². The number of nitrogens with one attached hydrogen (secondary N) is 1. The number of carbonyl (C=O) groups excluding carboxylic acids is 2. The molecule has 0 unspecified atom stereocenters. The second-order valence-electron chi connectivity index (χ2n) is 8.17. The molecule has 8 nitrogen and oxygen atoms in total. The summed E-state index contributed by atoms with van der Waals surface area (Å²) in [7, 11) is -1.55. The van der Waals surface area contributed by atoms with Gasteiger partial charge in [-0.2, -0.15) is 4.31 Å². The van der Waals surface area contributed by atoms with E-state index in [9.17, 15) is 18.0 Å². The van der Waals surface area contributed by atoms with Gasteiger partial charge in [-0.05, 0) is 24.7 Å². The Hall–Kier alpha value is -2.75. The van der Waals surface area contributed by atoms with Crippen LogP contribution < -0.4 is 5.32 Å². The number of benzene rings is 2. The lowest BCUT2D eigenvalue weighted by molar-refractivity contribution is -0.134. The van der Waals surface area contributed by atoms with E-state index in [0.29, 0.717) is 26.2 Å². The summed E-state index contributed by atoms with van der Waals surface area (Å²) in [5, 5.41) is 2.86. The highest BCUT2D eigenvalue weighted by Gasteiger charge is 2.29. The van der Waals surface area contributed by atoms with Gasteiger partial charge >= 0.3 is 0 Å². The van der Waals surface area contributed by atoms with Gasteiger partial charge in [0, 0.05) is 58.7 Å². The van der Waals surface area contributed by atoms with Crippen LogP contribution >= 0.6 is 0 Å². The Bertz CT molecular complexity index is 1010. The summed E-state index contributed by atoms with van der Waals surface area (Å²) in [5.41, 5.74) is 1.22. The average molecular weight is 473 g/mol. The average Bonchev–Trinajstić information content (AvgIpc) is 2.84. The van der Waals surface area contributed by atoms with Crippen LogP contribution in [0.4, 0.5) is 0 Å². The molecular weight excluding hydrogens is 440 g/mol. The Kier molecular flexibility index (Phi) is 8.99. The third-order valence-corrected chi connectivity index (χ3v) is 7.56. The van der Waals surface area contributed by atoms with Crippen molar-refractivity contribution < 1.29 is 18.0 Å². The molecule has 0 aliphatic carbocycles. The van der Waals surface area contributed by atoms with Gasteiger partial charge in [0.15, 0.2) is 0 Å². The molecule has 2 amide bonds. The number of nitrogens with zero attached hydrogens (tertiary/aromatic N) is 3. The molecular formula is C24H32N4O4S. The molecule has 1 aliphatic heterocycles. The molecule has 178 valence electrons. The van der Waals surface area contributed by atoms with Crippen molar-refractivity contribution in [2.24, 2.45) is 0 Å². The molecule has 1 aliphatic rings. The zero-order valence-electron chi connectivity index (χ0n) is 19.0. The van der Waals surface area contributed by atoms with E-state index in [-0.39, 0.29) is 42.6 Å². The van der Waals surface area contributed by atoms with E-state index < -0.39 is 10.0 Å². The van der Waals surface area contributed by atoms with E-state index in [0.717, 1.165) is 6.54 Å². The van der Waals surface area contributed by atoms with Crippen LogP contribution in [-0.2, 0) is 26.2 Å². The quantitative estimate of drug-likeness (QED) is 0.567. The highest BCUT2D eigenvalue weighted by atomic mass is 32.2. The van der Waals surface area contributed by atoms with Gasteiger partial charge in [-0.1, -0.05) is 48.5 Å². The third-order valence-electron chi connectivity index (χ3n) is 5.65. The lowest BCUT2D eigenvalue weighted by Gasteiger charge is -2.34. The molecule has 0 atom stereocenters. The van der Waals surface area contributed by atoms with Crippen molar-refractivity contribution in [1.82, 2.24) is 19.4 Å². The van der Waals surface area contributed by atoms with E-state index in [1.807, 2.05) is 25.2 Å². The summed E-state index contributed by atoms with van der Waals surface area (Å²) < 4.78 is 26.8. The van der Waals surface area contributed by atoms with Crippen molar-refractivity contribution in [3.8, 4) is 0 Å². The van der Waals surface area contributed by atoms with Crippen LogP contribution in [0.2, 0.25) is 0 Å². The van der Waals surface area contributed by atoms with E-state index in [1.54, 1.807) is 35.2 Å². The van der Waals surface area contributed by atoms with E-state index in [2.05, 4.69) is 22.3 Å². The van der Waals surface area contributed by atoms with Crippen molar-refractivity contribution in [1.29, 1.82) is 0 Å². The first-order chi connectivity index (χ1) is 15.9. The van der Waals surface area contributed by atoms with Crippen molar-refractivity contribution >= 4 is 21.8 Å². The molecule has 2 aromatic rings. The van der Waals surface area contributed by atoms with Crippen LogP contribution in [0.1, 0.15) is 18.4 Å².